The Labute approximate surface area is 208 Å². The molecule has 8 rings (SSSR count). The fourth-order valence-corrected chi connectivity index (χ4v) is 7.92. The zero-order chi connectivity index (χ0) is 24.3. The summed E-state index contributed by atoms with van der Waals surface area (Å²) >= 11 is 0. The van der Waals surface area contributed by atoms with Gasteiger partial charge in [-0.05, 0) is 71.9 Å². The highest BCUT2D eigenvalue weighted by Crippen LogP contribution is 2.54. The highest BCUT2D eigenvalue weighted by Gasteiger charge is 2.60. The quantitative estimate of drug-likeness (QED) is 0.496. The first-order valence-electron chi connectivity index (χ1n) is 12.8. The van der Waals surface area contributed by atoms with Crippen molar-refractivity contribution in [2.45, 2.75) is 12.8 Å². The van der Waals surface area contributed by atoms with E-state index in [1.165, 1.54) is 9.80 Å². The molecule has 0 N–H and O–H groups in total. The molecule has 2 aliphatic heterocycles. The molecule has 2 saturated heterocycles. The molecule has 0 aromatic heterocycles. The van der Waals surface area contributed by atoms with Crippen molar-refractivity contribution in [3.8, 4) is 11.1 Å². The first-order chi connectivity index (χ1) is 17.5. The Balaban J connectivity index is 1.03. The van der Waals surface area contributed by atoms with Crippen LogP contribution in [0.1, 0.15) is 12.8 Å². The third-order valence-corrected chi connectivity index (χ3v) is 9.53. The number of hydrogen-bond donors (Lipinski definition) is 0. The lowest BCUT2D eigenvalue weighted by Gasteiger charge is -2.18. The largest absolute Gasteiger partial charge is 0.274 e. The van der Waals surface area contributed by atoms with Crippen molar-refractivity contribution in [2.24, 2.45) is 47.3 Å². The number of allylic oxidation sites excluding steroid dienone is 4. The standard InChI is InChI=1S/C30H24N2O4/c33-27-23-17-1-2-18(13-17)24(23)28(34)31(27)21-9-5-15(6-10-21)16-7-11-22(12-8-16)32-29(35)25-19-3-4-20(14-19)26(25)30(32)36/h1-12,17-20,23-26H,13-14H2/t17-,18-,19-,20-,23+,24+,25+,26+/m0/s1. The van der Waals surface area contributed by atoms with Crippen LogP contribution in [-0.2, 0) is 19.2 Å². The van der Waals surface area contributed by atoms with Crippen LogP contribution in [0.25, 0.3) is 11.1 Å². The zero-order valence-corrected chi connectivity index (χ0v) is 19.5. The number of anilines is 2. The van der Waals surface area contributed by atoms with Crippen molar-refractivity contribution in [2.75, 3.05) is 9.80 Å². The Morgan fingerprint density at radius 3 is 1.00 bits per heavy atom. The lowest BCUT2D eigenvalue weighted by Crippen LogP contribution is -2.32. The molecule has 0 radical (unpaired) electrons. The summed E-state index contributed by atoms with van der Waals surface area (Å²) in [6.45, 7) is 0. The van der Waals surface area contributed by atoms with E-state index in [1.807, 2.05) is 48.5 Å². The number of benzene rings is 2. The minimum Gasteiger partial charge on any atom is -0.274 e. The molecule has 6 heteroatoms. The van der Waals surface area contributed by atoms with Crippen molar-refractivity contribution in [3.05, 3.63) is 72.8 Å². The first-order valence-corrected chi connectivity index (χ1v) is 12.8. The number of imide groups is 2. The number of carbonyl (C=O) groups is 4. The second kappa shape index (κ2) is 6.90. The molecule has 4 fully saturated rings. The van der Waals surface area contributed by atoms with E-state index >= 15 is 0 Å². The van der Waals surface area contributed by atoms with E-state index in [-0.39, 0.29) is 71.0 Å². The minimum absolute atomic E-state index is 0.0766. The van der Waals surface area contributed by atoms with Crippen LogP contribution in [0, 0.1) is 47.3 Å². The van der Waals surface area contributed by atoms with E-state index in [0.29, 0.717) is 11.4 Å². The summed E-state index contributed by atoms with van der Waals surface area (Å²) in [4.78, 5) is 55.1. The summed E-state index contributed by atoms with van der Waals surface area (Å²) in [6.07, 6.45) is 10.2. The predicted octanol–water partition coefficient (Wildman–Crippen LogP) is 3.98. The van der Waals surface area contributed by atoms with Gasteiger partial charge in [0, 0.05) is 0 Å². The lowest BCUT2D eigenvalue weighted by atomic mass is 9.85. The SMILES string of the molecule is O=C1[C@H]2[C@H](C(=O)N1c1ccc(-c3ccc(N4C(=O)[C@H]5[C@H](C4=O)[C@H]4C=C[C@H]5C4)cc3)cc1)[C@H]1C=C[C@H]2C1. The van der Waals surface area contributed by atoms with Crippen LogP contribution in [0.5, 0.6) is 0 Å². The Hall–Kier alpha value is -3.80. The summed E-state index contributed by atoms with van der Waals surface area (Å²) in [7, 11) is 0. The molecule has 178 valence electrons. The van der Waals surface area contributed by atoms with Crippen molar-refractivity contribution in [1.82, 2.24) is 0 Å². The summed E-state index contributed by atoms with van der Waals surface area (Å²) in [5.74, 6) is -0.359. The predicted molar refractivity (Wildman–Crippen MR) is 132 cm³/mol. The third kappa shape index (κ3) is 2.47. The van der Waals surface area contributed by atoms with Crippen LogP contribution in [0.15, 0.2) is 72.8 Å². The minimum atomic E-state index is -0.207. The monoisotopic (exact) mass is 476 g/mol. The third-order valence-electron chi connectivity index (χ3n) is 9.53. The number of amides is 4. The van der Waals surface area contributed by atoms with Crippen LogP contribution >= 0.6 is 0 Å². The van der Waals surface area contributed by atoms with Crippen molar-refractivity contribution in [1.29, 1.82) is 0 Å². The molecule has 36 heavy (non-hydrogen) atoms. The molecule has 2 aromatic carbocycles. The van der Waals surface area contributed by atoms with E-state index in [4.69, 9.17) is 0 Å². The van der Waals surface area contributed by atoms with Gasteiger partial charge in [0.15, 0.2) is 0 Å². The van der Waals surface area contributed by atoms with Gasteiger partial charge in [-0.15, -0.1) is 0 Å². The number of fused-ring (bicyclic) bond motifs is 10. The molecule has 4 bridgehead atoms. The average Bonchev–Trinajstić information content (AvgIpc) is 3.73. The van der Waals surface area contributed by atoms with E-state index in [0.717, 1.165) is 24.0 Å². The van der Waals surface area contributed by atoms with Gasteiger partial charge in [0.1, 0.15) is 0 Å². The molecule has 6 aliphatic rings. The normalized spacial score (nSPS) is 37.1. The maximum Gasteiger partial charge on any atom is 0.238 e. The molecule has 2 aromatic rings. The number of nitrogens with zero attached hydrogens (tertiary/aromatic N) is 2. The average molecular weight is 477 g/mol. The van der Waals surface area contributed by atoms with Gasteiger partial charge < -0.3 is 0 Å². The molecular formula is C30H24N2O4. The van der Waals surface area contributed by atoms with E-state index < -0.39 is 0 Å². The van der Waals surface area contributed by atoms with Gasteiger partial charge in [-0.1, -0.05) is 48.6 Å². The fraction of sp³-hybridized carbons (Fsp3) is 0.333. The number of rotatable bonds is 3. The second-order valence-electron chi connectivity index (χ2n) is 11.1. The lowest BCUT2D eigenvalue weighted by molar-refractivity contribution is -0.124. The van der Waals surface area contributed by atoms with Crippen molar-refractivity contribution < 1.29 is 19.2 Å². The summed E-state index contributed by atoms with van der Waals surface area (Å²) in [5.41, 5.74) is 3.10. The Morgan fingerprint density at radius 1 is 0.444 bits per heavy atom. The number of hydrogen-bond acceptors (Lipinski definition) is 4. The fourth-order valence-electron chi connectivity index (χ4n) is 7.92. The molecule has 2 heterocycles. The van der Waals surface area contributed by atoms with Gasteiger partial charge in [-0.2, -0.15) is 0 Å². The Bertz CT molecular complexity index is 1250. The molecule has 0 spiro atoms. The van der Waals surface area contributed by atoms with Gasteiger partial charge in [0.25, 0.3) is 0 Å². The zero-order valence-electron chi connectivity index (χ0n) is 19.5. The van der Waals surface area contributed by atoms with Crippen LogP contribution in [0.3, 0.4) is 0 Å². The van der Waals surface area contributed by atoms with Gasteiger partial charge in [-0.25, -0.2) is 0 Å². The van der Waals surface area contributed by atoms with Crippen LogP contribution in [0.4, 0.5) is 11.4 Å². The second-order valence-corrected chi connectivity index (χ2v) is 11.1. The molecular weight excluding hydrogens is 452 g/mol. The molecule has 0 unspecified atom stereocenters. The van der Waals surface area contributed by atoms with Crippen LogP contribution < -0.4 is 9.80 Å². The maximum atomic E-state index is 13.1. The van der Waals surface area contributed by atoms with Crippen LogP contribution in [-0.4, -0.2) is 23.6 Å². The number of carbonyl (C=O) groups excluding carboxylic acids is 4. The molecule has 4 aliphatic carbocycles. The Kier molecular flexibility index (Phi) is 3.91. The highest BCUT2D eigenvalue weighted by molar-refractivity contribution is 6.23. The van der Waals surface area contributed by atoms with E-state index in [2.05, 4.69) is 24.3 Å². The van der Waals surface area contributed by atoms with Crippen molar-refractivity contribution >= 4 is 35.0 Å². The highest BCUT2D eigenvalue weighted by atomic mass is 16.2. The van der Waals surface area contributed by atoms with Crippen molar-refractivity contribution in [3.63, 3.8) is 0 Å². The van der Waals surface area contributed by atoms with Gasteiger partial charge in [-0.3, -0.25) is 29.0 Å². The summed E-state index contributed by atoms with van der Waals surface area (Å²) in [6, 6.07) is 14.9. The van der Waals surface area contributed by atoms with Gasteiger partial charge >= 0.3 is 0 Å². The van der Waals surface area contributed by atoms with Gasteiger partial charge in [0.2, 0.25) is 23.6 Å². The first kappa shape index (κ1) is 20.4. The molecule has 6 nitrogen and oxygen atoms in total. The molecule has 4 amide bonds. The van der Waals surface area contributed by atoms with E-state index in [9.17, 15) is 19.2 Å². The summed E-state index contributed by atoms with van der Waals surface area (Å²) < 4.78 is 0. The maximum absolute atomic E-state index is 13.1. The smallest absolute Gasteiger partial charge is 0.238 e. The van der Waals surface area contributed by atoms with Gasteiger partial charge in [0.05, 0.1) is 35.0 Å². The van der Waals surface area contributed by atoms with E-state index in [1.54, 1.807) is 0 Å². The molecule has 2 saturated carbocycles. The van der Waals surface area contributed by atoms with Crippen LogP contribution in [0.2, 0.25) is 0 Å². The summed E-state index contributed by atoms with van der Waals surface area (Å²) in [5, 5.41) is 0. The topological polar surface area (TPSA) is 74.8 Å². The molecule has 8 atom stereocenters. The Morgan fingerprint density at radius 2 is 0.722 bits per heavy atom.